The van der Waals surface area contributed by atoms with Crippen LogP contribution in [-0.2, 0) is 0 Å². The Labute approximate surface area is 132 Å². The molecule has 2 rings (SSSR count). The van der Waals surface area contributed by atoms with Gasteiger partial charge in [0.1, 0.15) is 0 Å². The molecule has 3 nitrogen and oxygen atoms in total. The van der Waals surface area contributed by atoms with Gasteiger partial charge in [0.25, 0.3) is 0 Å². The van der Waals surface area contributed by atoms with Crippen LogP contribution in [0.4, 0.5) is 0 Å². The zero-order valence-electron chi connectivity index (χ0n) is 14.8. The second-order valence-corrected chi connectivity index (χ2v) is 8.23. The Bertz CT molecular complexity index is 295. The van der Waals surface area contributed by atoms with E-state index >= 15 is 0 Å². The summed E-state index contributed by atoms with van der Waals surface area (Å²) in [7, 11) is 4.48. The number of nitrogens with one attached hydrogen (secondary N) is 1. The molecule has 124 valence electrons. The SMILES string of the molecule is CC(C)CNCC1(CN2CCCC(N(C)C)C2)CCCC1. The monoisotopic (exact) mass is 295 g/mol. The van der Waals surface area contributed by atoms with E-state index in [2.05, 4.69) is 43.1 Å². The fourth-order valence-electron chi connectivity index (χ4n) is 4.21. The Kier molecular flexibility index (Phi) is 6.51. The Balaban J connectivity index is 1.86. The lowest BCUT2D eigenvalue weighted by Crippen LogP contribution is -2.50. The smallest absolute Gasteiger partial charge is 0.0217 e. The summed E-state index contributed by atoms with van der Waals surface area (Å²) in [6.45, 7) is 10.9. The quantitative estimate of drug-likeness (QED) is 0.779. The molecule has 1 atom stereocenters. The molecule has 0 aromatic rings. The second kappa shape index (κ2) is 7.94. The normalized spacial score (nSPS) is 26.9. The fraction of sp³-hybridized carbons (Fsp3) is 1.00. The average Bonchev–Trinajstić information content (AvgIpc) is 2.87. The first-order chi connectivity index (χ1) is 10.0. The van der Waals surface area contributed by atoms with Gasteiger partial charge in [0.2, 0.25) is 0 Å². The summed E-state index contributed by atoms with van der Waals surface area (Å²) in [5.41, 5.74) is 0.559. The van der Waals surface area contributed by atoms with Crippen LogP contribution in [0.25, 0.3) is 0 Å². The van der Waals surface area contributed by atoms with Gasteiger partial charge in [0.15, 0.2) is 0 Å². The Hall–Kier alpha value is -0.120. The molecule has 1 saturated heterocycles. The predicted molar refractivity (Wildman–Crippen MR) is 91.8 cm³/mol. The molecule has 0 amide bonds. The van der Waals surface area contributed by atoms with Gasteiger partial charge in [-0.25, -0.2) is 0 Å². The van der Waals surface area contributed by atoms with Gasteiger partial charge < -0.3 is 15.1 Å². The maximum Gasteiger partial charge on any atom is 0.0217 e. The third-order valence-corrected chi connectivity index (χ3v) is 5.49. The lowest BCUT2D eigenvalue weighted by atomic mass is 9.84. The minimum Gasteiger partial charge on any atom is -0.316 e. The fourth-order valence-corrected chi connectivity index (χ4v) is 4.21. The molecule has 0 aromatic heterocycles. The minimum absolute atomic E-state index is 0.559. The number of hydrogen-bond donors (Lipinski definition) is 1. The molecule has 2 aliphatic rings. The van der Waals surface area contributed by atoms with Crippen LogP contribution in [-0.4, -0.2) is 62.7 Å². The molecular formula is C18H37N3. The van der Waals surface area contributed by atoms with Crippen LogP contribution in [0, 0.1) is 11.3 Å². The first-order valence-electron chi connectivity index (χ1n) is 9.10. The van der Waals surface area contributed by atoms with E-state index < -0.39 is 0 Å². The van der Waals surface area contributed by atoms with Crippen LogP contribution in [0.3, 0.4) is 0 Å². The molecular weight excluding hydrogens is 258 g/mol. The van der Waals surface area contributed by atoms with Gasteiger partial charge in [-0.15, -0.1) is 0 Å². The van der Waals surface area contributed by atoms with Gasteiger partial charge in [-0.05, 0) is 64.2 Å². The van der Waals surface area contributed by atoms with Crippen LogP contribution in [0.2, 0.25) is 0 Å². The summed E-state index contributed by atoms with van der Waals surface area (Å²) in [6.07, 6.45) is 8.49. The zero-order chi connectivity index (χ0) is 15.3. The number of likely N-dealkylation sites (N-methyl/N-ethyl adjacent to an activating group) is 1. The van der Waals surface area contributed by atoms with Crippen LogP contribution in [0.1, 0.15) is 52.4 Å². The van der Waals surface area contributed by atoms with Gasteiger partial charge in [-0.3, -0.25) is 0 Å². The van der Waals surface area contributed by atoms with Crippen molar-refractivity contribution >= 4 is 0 Å². The largest absolute Gasteiger partial charge is 0.316 e. The third kappa shape index (κ3) is 5.22. The van der Waals surface area contributed by atoms with Gasteiger partial charge in [-0.2, -0.15) is 0 Å². The van der Waals surface area contributed by atoms with Crippen molar-refractivity contribution in [2.75, 3.05) is 46.8 Å². The van der Waals surface area contributed by atoms with Crippen LogP contribution >= 0.6 is 0 Å². The van der Waals surface area contributed by atoms with E-state index in [1.165, 1.54) is 71.2 Å². The van der Waals surface area contributed by atoms with Crippen molar-refractivity contribution in [2.24, 2.45) is 11.3 Å². The Morgan fingerprint density at radius 1 is 1.19 bits per heavy atom. The average molecular weight is 296 g/mol. The van der Waals surface area contributed by atoms with Gasteiger partial charge in [0, 0.05) is 25.7 Å². The van der Waals surface area contributed by atoms with E-state index in [0.717, 1.165) is 12.0 Å². The van der Waals surface area contributed by atoms with Crippen LogP contribution in [0.15, 0.2) is 0 Å². The van der Waals surface area contributed by atoms with E-state index in [1.54, 1.807) is 0 Å². The molecule has 1 N–H and O–H groups in total. The standard InChI is InChI=1S/C18H37N3/c1-16(2)12-19-14-18(9-5-6-10-18)15-21-11-7-8-17(13-21)20(3)4/h16-17,19H,5-15H2,1-4H3. The molecule has 3 heteroatoms. The van der Waals surface area contributed by atoms with E-state index in [4.69, 9.17) is 0 Å². The van der Waals surface area contributed by atoms with Crippen molar-refractivity contribution in [3.05, 3.63) is 0 Å². The van der Waals surface area contributed by atoms with Gasteiger partial charge in [0.05, 0.1) is 0 Å². The number of likely N-dealkylation sites (tertiary alicyclic amines) is 1. The molecule has 0 bridgehead atoms. The first-order valence-corrected chi connectivity index (χ1v) is 9.10. The van der Waals surface area contributed by atoms with E-state index in [-0.39, 0.29) is 0 Å². The van der Waals surface area contributed by atoms with Crippen molar-refractivity contribution < 1.29 is 0 Å². The van der Waals surface area contributed by atoms with Crippen molar-refractivity contribution in [2.45, 2.75) is 58.4 Å². The molecule has 1 saturated carbocycles. The third-order valence-electron chi connectivity index (χ3n) is 5.49. The topological polar surface area (TPSA) is 18.5 Å². The van der Waals surface area contributed by atoms with Crippen molar-refractivity contribution in [3.8, 4) is 0 Å². The minimum atomic E-state index is 0.559. The first kappa shape index (κ1) is 17.2. The van der Waals surface area contributed by atoms with E-state index in [9.17, 15) is 0 Å². The summed E-state index contributed by atoms with van der Waals surface area (Å²) in [4.78, 5) is 5.18. The lowest BCUT2D eigenvalue weighted by molar-refractivity contribution is 0.0844. The molecule has 1 unspecified atom stereocenters. The number of rotatable bonds is 7. The molecule has 1 aliphatic heterocycles. The Morgan fingerprint density at radius 3 is 2.52 bits per heavy atom. The summed E-state index contributed by atoms with van der Waals surface area (Å²) in [5, 5.41) is 3.75. The number of hydrogen-bond acceptors (Lipinski definition) is 3. The van der Waals surface area contributed by atoms with Crippen molar-refractivity contribution in [1.82, 2.24) is 15.1 Å². The molecule has 0 radical (unpaired) electrons. The number of nitrogens with zero attached hydrogens (tertiary/aromatic N) is 2. The summed E-state index contributed by atoms with van der Waals surface area (Å²) in [6, 6.07) is 0.765. The van der Waals surface area contributed by atoms with Crippen molar-refractivity contribution in [3.63, 3.8) is 0 Å². The zero-order valence-corrected chi connectivity index (χ0v) is 14.8. The van der Waals surface area contributed by atoms with Gasteiger partial charge >= 0.3 is 0 Å². The molecule has 1 heterocycles. The maximum atomic E-state index is 3.75. The molecule has 0 spiro atoms. The molecule has 0 aromatic carbocycles. The summed E-state index contributed by atoms with van der Waals surface area (Å²) in [5.74, 6) is 0.761. The highest BCUT2D eigenvalue weighted by Gasteiger charge is 2.36. The molecule has 21 heavy (non-hydrogen) atoms. The van der Waals surface area contributed by atoms with Crippen LogP contribution in [0.5, 0.6) is 0 Å². The van der Waals surface area contributed by atoms with Crippen LogP contribution < -0.4 is 5.32 Å². The van der Waals surface area contributed by atoms with E-state index in [1.807, 2.05) is 0 Å². The summed E-state index contributed by atoms with van der Waals surface area (Å²) >= 11 is 0. The lowest BCUT2D eigenvalue weighted by Gasteiger charge is -2.41. The molecule has 1 aliphatic carbocycles. The number of piperidine rings is 1. The summed E-state index contributed by atoms with van der Waals surface area (Å²) < 4.78 is 0. The predicted octanol–water partition coefficient (Wildman–Crippen LogP) is 2.82. The van der Waals surface area contributed by atoms with E-state index in [0.29, 0.717) is 5.41 Å². The van der Waals surface area contributed by atoms with Gasteiger partial charge in [-0.1, -0.05) is 26.7 Å². The Morgan fingerprint density at radius 2 is 1.90 bits per heavy atom. The maximum absolute atomic E-state index is 3.75. The molecule has 2 fully saturated rings. The highest BCUT2D eigenvalue weighted by Crippen LogP contribution is 2.39. The van der Waals surface area contributed by atoms with Crippen molar-refractivity contribution in [1.29, 1.82) is 0 Å². The second-order valence-electron chi connectivity index (χ2n) is 8.23. The highest BCUT2D eigenvalue weighted by molar-refractivity contribution is 4.91. The highest BCUT2D eigenvalue weighted by atomic mass is 15.2.